The van der Waals surface area contributed by atoms with Gasteiger partial charge in [0.1, 0.15) is 0 Å². The van der Waals surface area contributed by atoms with Crippen molar-refractivity contribution in [2.75, 3.05) is 11.6 Å². The van der Waals surface area contributed by atoms with E-state index in [1.54, 1.807) is 18.5 Å². The van der Waals surface area contributed by atoms with Crippen molar-refractivity contribution in [2.45, 2.75) is 31.3 Å². The summed E-state index contributed by atoms with van der Waals surface area (Å²) in [5, 5.41) is 4.14. The van der Waals surface area contributed by atoms with Gasteiger partial charge in [-0.2, -0.15) is 0 Å². The number of nitrogens with zero attached hydrogens (tertiary/aromatic N) is 3. The third-order valence-electron chi connectivity index (χ3n) is 3.76. The van der Waals surface area contributed by atoms with Gasteiger partial charge < -0.3 is 0 Å². The van der Waals surface area contributed by atoms with Gasteiger partial charge in [-0.3, -0.25) is 10.1 Å². The number of amides is 1. The van der Waals surface area contributed by atoms with E-state index in [1.165, 1.54) is 47.6 Å². The molecule has 1 aromatic carbocycles. The van der Waals surface area contributed by atoms with Gasteiger partial charge in [-0.05, 0) is 42.9 Å². The summed E-state index contributed by atoms with van der Waals surface area (Å²) in [6.45, 7) is 2.19. The molecule has 0 bridgehead atoms. The molecule has 0 spiro atoms. The number of fused-ring (bicyclic) bond motifs is 1. The summed E-state index contributed by atoms with van der Waals surface area (Å²) in [4.78, 5) is 24.9. The minimum Gasteiger partial charge on any atom is -0.298 e. The van der Waals surface area contributed by atoms with E-state index in [-0.39, 0.29) is 5.91 Å². The van der Waals surface area contributed by atoms with Crippen LogP contribution in [0.15, 0.2) is 41.8 Å². The normalized spacial score (nSPS) is 11.3. The fourth-order valence-electron chi connectivity index (χ4n) is 2.40. The maximum Gasteiger partial charge on any atom is 0.250 e. The van der Waals surface area contributed by atoms with E-state index >= 15 is 0 Å². The molecular formula is C19H20N4OS2. The van der Waals surface area contributed by atoms with Crippen LogP contribution in [0, 0.1) is 0 Å². The lowest BCUT2D eigenvalue weighted by molar-refractivity contribution is -0.111. The number of aromatic nitrogens is 3. The SMILES string of the molecule is CCCCc1ccc2nc(NC(=O)/C=C/c3cnc(SC)nc3)sc2c1. The lowest BCUT2D eigenvalue weighted by atomic mass is 10.1. The van der Waals surface area contributed by atoms with E-state index in [2.05, 4.69) is 39.3 Å². The van der Waals surface area contributed by atoms with Gasteiger partial charge in [-0.25, -0.2) is 15.0 Å². The van der Waals surface area contributed by atoms with Gasteiger partial charge in [-0.15, -0.1) is 0 Å². The molecule has 1 amide bonds. The molecule has 0 fully saturated rings. The molecule has 0 aliphatic rings. The molecule has 3 rings (SSSR count). The van der Waals surface area contributed by atoms with Crippen molar-refractivity contribution in [1.82, 2.24) is 15.0 Å². The summed E-state index contributed by atoms with van der Waals surface area (Å²) in [6.07, 6.45) is 11.9. The number of hydrogen-bond donors (Lipinski definition) is 1. The van der Waals surface area contributed by atoms with E-state index < -0.39 is 0 Å². The van der Waals surface area contributed by atoms with Crippen LogP contribution < -0.4 is 5.32 Å². The summed E-state index contributed by atoms with van der Waals surface area (Å²) in [5.74, 6) is -0.218. The number of thiazole rings is 1. The van der Waals surface area contributed by atoms with Crippen molar-refractivity contribution >= 4 is 50.4 Å². The highest BCUT2D eigenvalue weighted by atomic mass is 32.2. The number of carbonyl (C=O) groups excluding carboxylic acids is 1. The van der Waals surface area contributed by atoms with Gasteiger partial charge in [0.25, 0.3) is 0 Å². The van der Waals surface area contributed by atoms with Crippen LogP contribution in [0.4, 0.5) is 5.13 Å². The van der Waals surface area contributed by atoms with Crippen molar-refractivity contribution in [1.29, 1.82) is 0 Å². The Kier molecular flexibility index (Phi) is 6.35. The number of rotatable bonds is 7. The Bertz CT molecular complexity index is 919. The molecule has 0 saturated carbocycles. The second kappa shape index (κ2) is 8.91. The highest BCUT2D eigenvalue weighted by Crippen LogP contribution is 2.27. The average molecular weight is 385 g/mol. The van der Waals surface area contributed by atoms with E-state index in [9.17, 15) is 4.79 Å². The third-order valence-corrected chi connectivity index (χ3v) is 5.27. The zero-order chi connectivity index (χ0) is 18.4. The molecule has 0 unspecified atom stereocenters. The van der Waals surface area contributed by atoms with Crippen LogP contribution in [0.3, 0.4) is 0 Å². The molecule has 5 nitrogen and oxygen atoms in total. The minimum atomic E-state index is -0.218. The molecule has 0 atom stereocenters. The minimum absolute atomic E-state index is 0.218. The molecular weight excluding hydrogens is 364 g/mol. The molecule has 0 radical (unpaired) electrons. The van der Waals surface area contributed by atoms with Crippen LogP contribution in [-0.4, -0.2) is 27.1 Å². The number of thioether (sulfide) groups is 1. The van der Waals surface area contributed by atoms with Crippen molar-refractivity contribution in [3.63, 3.8) is 0 Å². The summed E-state index contributed by atoms with van der Waals surface area (Å²) < 4.78 is 1.10. The first kappa shape index (κ1) is 18.5. The number of hydrogen-bond acceptors (Lipinski definition) is 6. The Labute approximate surface area is 161 Å². The second-order valence-corrected chi connectivity index (χ2v) is 7.55. The van der Waals surface area contributed by atoms with Gasteiger partial charge in [0.2, 0.25) is 5.91 Å². The van der Waals surface area contributed by atoms with Crippen LogP contribution in [0.2, 0.25) is 0 Å². The second-order valence-electron chi connectivity index (χ2n) is 5.75. The molecule has 3 aromatic rings. The predicted octanol–water partition coefficient (Wildman–Crippen LogP) is 4.80. The van der Waals surface area contributed by atoms with E-state index in [0.717, 1.165) is 22.2 Å². The molecule has 1 N–H and O–H groups in total. The van der Waals surface area contributed by atoms with Crippen LogP contribution >= 0.6 is 23.1 Å². The quantitative estimate of drug-likeness (QED) is 0.360. The Morgan fingerprint density at radius 1 is 1.31 bits per heavy atom. The van der Waals surface area contributed by atoms with Gasteiger partial charge in [0, 0.05) is 24.0 Å². The molecule has 7 heteroatoms. The topological polar surface area (TPSA) is 67.8 Å². The maximum absolute atomic E-state index is 12.1. The largest absolute Gasteiger partial charge is 0.298 e. The van der Waals surface area contributed by atoms with Crippen molar-refractivity contribution in [2.24, 2.45) is 0 Å². The van der Waals surface area contributed by atoms with E-state index in [4.69, 9.17) is 0 Å². The van der Waals surface area contributed by atoms with E-state index in [1.807, 2.05) is 12.3 Å². The third kappa shape index (κ3) is 4.89. The lowest BCUT2D eigenvalue weighted by Crippen LogP contribution is -2.07. The molecule has 2 aromatic heterocycles. The lowest BCUT2D eigenvalue weighted by Gasteiger charge is -1.98. The zero-order valence-corrected chi connectivity index (χ0v) is 16.4. The molecule has 134 valence electrons. The molecule has 2 heterocycles. The van der Waals surface area contributed by atoms with Gasteiger partial charge in [0.05, 0.1) is 10.2 Å². The monoisotopic (exact) mass is 384 g/mol. The smallest absolute Gasteiger partial charge is 0.250 e. The fourth-order valence-corrected chi connectivity index (χ4v) is 3.64. The molecule has 0 aliphatic heterocycles. The number of unbranched alkanes of at least 4 members (excludes halogenated alkanes) is 1. The summed E-state index contributed by atoms with van der Waals surface area (Å²) in [7, 11) is 0. The van der Waals surface area contributed by atoms with Crippen LogP contribution in [0.25, 0.3) is 16.3 Å². The standard InChI is InChI=1S/C19H20N4OS2/c1-3-4-5-13-6-8-15-16(10-13)26-19(22-15)23-17(24)9-7-14-11-20-18(25-2)21-12-14/h6-12H,3-5H2,1-2H3,(H,22,23,24)/b9-7+. The fraction of sp³-hybridized carbons (Fsp3) is 0.263. The average Bonchev–Trinajstić information content (AvgIpc) is 3.06. The number of aryl methyl sites for hydroxylation is 1. The van der Waals surface area contributed by atoms with Crippen LogP contribution in [-0.2, 0) is 11.2 Å². The van der Waals surface area contributed by atoms with Crippen molar-refractivity contribution in [3.8, 4) is 0 Å². The van der Waals surface area contributed by atoms with Crippen molar-refractivity contribution < 1.29 is 4.79 Å². The van der Waals surface area contributed by atoms with Crippen LogP contribution in [0.1, 0.15) is 30.9 Å². The van der Waals surface area contributed by atoms with Gasteiger partial charge >= 0.3 is 0 Å². The maximum atomic E-state index is 12.1. The number of anilines is 1. The highest BCUT2D eigenvalue weighted by molar-refractivity contribution is 7.98. The van der Waals surface area contributed by atoms with Crippen molar-refractivity contribution in [3.05, 3.63) is 47.8 Å². The first-order valence-corrected chi connectivity index (χ1v) is 10.5. The summed E-state index contributed by atoms with van der Waals surface area (Å²) in [5.41, 5.74) is 3.01. The summed E-state index contributed by atoms with van der Waals surface area (Å²) in [6, 6.07) is 6.30. The first-order valence-electron chi connectivity index (χ1n) is 8.42. The Hall–Kier alpha value is -2.25. The molecule has 26 heavy (non-hydrogen) atoms. The Morgan fingerprint density at radius 2 is 2.12 bits per heavy atom. The number of carbonyl (C=O) groups is 1. The predicted molar refractivity (Wildman–Crippen MR) is 110 cm³/mol. The van der Waals surface area contributed by atoms with E-state index in [0.29, 0.717) is 10.3 Å². The first-order chi connectivity index (χ1) is 12.7. The number of benzene rings is 1. The highest BCUT2D eigenvalue weighted by Gasteiger charge is 2.07. The van der Waals surface area contributed by atoms with Gasteiger partial charge in [0.15, 0.2) is 10.3 Å². The molecule has 0 saturated heterocycles. The molecule has 0 aliphatic carbocycles. The Balaban J connectivity index is 1.65. The zero-order valence-electron chi connectivity index (χ0n) is 14.7. The number of nitrogens with one attached hydrogen (secondary N) is 1. The van der Waals surface area contributed by atoms with Crippen LogP contribution in [0.5, 0.6) is 0 Å². The van der Waals surface area contributed by atoms with Gasteiger partial charge in [-0.1, -0.05) is 42.5 Å². The summed E-state index contributed by atoms with van der Waals surface area (Å²) >= 11 is 2.97. The Morgan fingerprint density at radius 3 is 2.85 bits per heavy atom.